The summed E-state index contributed by atoms with van der Waals surface area (Å²) in [5.41, 5.74) is 13.6. The van der Waals surface area contributed by atoms with Crippen molar-refractivity contribution in [3.05, 3.63) is 187 Å². The second kappa shape index (κ2) is 11.6. The Labute approximate surface area is 302 Å². The van der Waals surface area contributed by atoms with E-state index in [4.69, 9.17) is 0 Å². The number of anilines is 3. The molecule has 0 N–H and O–H groups in total. The monoisotopic (exact) mass is 669 g/mol. The highest BCUT2D eigenvalue weighted by Gasteiger charge is 2.36. The summed E-state index contributed by atoms with van der Waals surface area (Å²) < 4.78 is 2.60. The van der Waals surface area contributed by atoms with Gasteiger partial charge in [0.25, 0.3) is 0 Å². The second-order valence-corrected chi connectivity index (χ2v) is 15.2. The summed E-state index contributed by atoms with van der Waals surface area (Å²) in [4.78, 5) is 2.50. The fourth-order valence-corrected chi connectivity index (χ4v) is 9.46. The maximum Gasteiger partial charge on any atom is 0.0547 e. The van der Waals surface area contributed by atoms with Crippen molar-refractivity contribution in [1.82, 2.24) is 0 Å². The molecule has 2 heteroatoms. The van der Waals surface area contributed by atoms with Gasteiger partial charge >= 0.3 is 0 Å². The highest BCUT2D eigenvalue weighted by Crippen LogP contribution is 2.53. The van der Waals surface area contributed by atoms with Gasteiger partial charge in [-0.2, -0.15) is 0 Å². The number of hydrogen-bond acceptors (Lipinski definition) is 2. The Kier molecular flexibility index (Phi) is 6.78. The lowest BCUT2D eigenvalue weighted by Crippen LogP contribution is -2.17. The van der Waals surface area contributed by atoms with Crippen molar-refractivity contribution in [3.63, 3.8) is 0 Å². The predicted molar refractivity (Wildman–Crippen MR) is 220 cm³/mol. The topological polar surface area (TPSA) is 3.24 Å². The molecule has 9 aromatic rings. The lowest BCUT2D eigenvalue weighted by atomic mass is 9.82. The lowest BCUT2D eigenvalue weighted by molar-refractivity contribution is 0.660. The zero-order chi connectivity index (χ0) is 34.1. The molecule has 0 saturated heterocycles. The minimum absolute atomic E-state index is 0.117. The van der Waals surface area contributed by atoms with Gasteiger partial charge in [0.2, 0.25) is 0 Å². The van der Waals surface area contributed by atoms with Crippen LogP contribution in [0, 0.1) is 0 Å². The van der Waals surface area contributed by atoms with Crippen LogP contribution >= 0.6 is 11.3 Å². The molecule has 1 aliphatic carbocycles. The lowest BCUT2D eigenvalue weighted by Gasteiger charge is -2.30. The number of hydrogen-bond donors (Lipinski definition) is 0. The number of thiophene rings is 1. The van der Waals surface area contributed by atoms with E-state index in [-0.39, 0.29) is 5.41 Å². The zero-order valence-corrected chi connectivity index (χ0v) is 29.4. The minimum atomic E-state index is -0.117. The standard InChI is InChI=1S/C49H35NS/c1-49(2)42-21-10-8-19-39(42)40-26-25-38(31-43(40)49)50(37-18-12-17-35(30-37)32-13-4-3-5-14-32)44-27-28-46-48(41-20-9-11-22-45(41)51-46)47(44)36-24-23-33-15-6-7-16-34(33)29-36/h3-31H,1-2H3. The predicted octanol–water partition coefficient (Wildman–Crippen LogP) is 14.3. The molecule has 0 aliphatic heterocycles. The van der Waals surface area contributed by atoms with Crippen LogP contribution in [0.15, 0.2) is 176 Å². The van der Waals surface area contributed by atoms with Gasteiger partial charge in [-0.15, -0.1) is 11.3 Å². The third-order valence-electron chi connectivity index (χ3n) is 10.8. The first-order chi connectivity index (χ1) is 25.0. The normalized spacial score (nSPS) is 13.1. The van der Waals surface area contributed by atoms with Crippen LogP contribution in [0.3, 0.4) is 0 Å². The molecule has 8 aromatic carbocycles. The highest BCUT2D eigenvalue weighted by atomic mass is 32.1. The largest absolute Gasteiger partial charge is 0.310 e. The molecule has 0 fully saturated rings. The molecule has 1 heterocycles. The molecule has 0 spiro atoms. The molecular formula is C49H35NS. The Morgan fingerprint density at radius 1 is 0.451 bits per heavy atom. The number of fused-ring (bicyclic) bond motifs is 7. The number of rotatable bonds is 5. The van der Waals surface area contributed by atoms with Gasteiger partial charge in [0.05, 0.1) is 5.69 Å². The Bertz CT molecular complexity index is 2790. The van der Waals surface area contributed by atoms with Crippen LogP contribution in [-0.2, 0) is 5.41 Å². The summed E-state index contributed by atoms with van der Waals surface area (Å²) in [5.74, 6) is 0. The minimum Gasteiger partial charge on any atom is -0.310 e. The van der Waals surface area contributed by atoms with Gasteiger partial charge in [-0.25, -0.2) is 0 Å². The van der Waals surface area contributed by atoms with Crippen molar-refractivity contribution in [3.8, 4) is 33.4 Å². The van der Waals surface area contributed by atoms with Crippen LogP contribution in [0.2, 0.25) is 0 Å². The fourth-order valence-electron chi connectivity index (χ4n) is 8.34. The summed E-state index contributed by atoms with van der Waals surface area (Å²) in [6, 6.07) is 65.0. The third-order valence-corrected chi connectivity index (χ3v) is 12.0. The van der Waals surface area contributed by atoms with Crippen molar-refractivity contribution in [2.75, 3.05) is 4.90 Å². The van der Waals surface area contributed by atoms with Crippen molar-refractivity contribution in [1.29, 1.82) is 0 Å². The van der Waals surface area contributed by atoms with Gasteiger partial charge in [0.15, 0.2) is 0 Å². The molecule has 1 nitrogen and oxygen atoms in total. The third kappa shape index (κ3) is 4.75. The van der Waals surface area contributed by atoms with E-state index in [1.54, 1.807) is 0 Å². The smallest absolute Gasteiger partial charge is 0.0547 e. The van der Waals surface area contributed by atoms with Crippen LogP contribution in [-0.4, -0.2) is 0 Å². The number of nitrogens with zero attached hydrogens (tertiary/aromatic N) is 1. The van der Waals surface area contributed by atoms with E-state index in [2.05, 4.69) is 195 Å². The van der Waals surface area contributed by atoms with Crippen LogP contribution in [0.5, 0.6) is 0 Å². The summed E-state index contributed by atoms with van der Waals surface area (Å²) in [6.45, 7) is 4.73. The van der Waals surface area contributed by atoms with E-state index < -0.39 is 0 Å². The van der Waals surface area contributed by atoms with E-state index in [1.807, 2.05) is 11.3 Å². The molecule has 0 radical (unpaired) electrons. The van der Waals surface area contributed by atoms with E-state index in [1.165, 1.54) is 81.1 Å². The van der Waals surface area contributed by atoms with Crippen molar-refractivity contribution in [2.45, 2.75) is 19.3 Å². The maximum atomic E-state index is 2.50. The van der Waals surface area contributed by atoms with Gasteiger partial charge in [-0.1, -0.05) is 141 Å². The van der Waals surface area contributed by atoms with Gasteiger partial charge in [0, 0.05) is 42.5 Å². The van der Waals surface area contributed by atoms with Gasteiger partial charge < -0.3 is 4.90 Å². The molecule has 1 aromatic heterocycles. The van der Waals surface area contributed by atoms with Crippen LogP contribution in [0.4, 0.5) is 17.1 Å². The highest BCUT2D eigenvalue weighted by molar-refractivity contribution is 7.26. The Balaban J connectivity index is 1.29. The fraction of sp³-hybridized carbons (Fsp3) is 0.0612. The van der Waals surface area contributed by atoms with E-state index in [0.29, 0.717) is 0 Å². The average Bonchev–Trinajstić information content (AvgIpc) is 3.67. The Morgan fingerprint density at radius 3 is 2.08 bits per heavy atom. The average molecular weight is 670 g/mol. The quantitative estimate of drug-likeness (QED) is 0.176. The Hall–Kier alpha value is -5.96. The van der Waals surface area contributed by atoms with Crippen LogP contribution in [0.25, 0.3) is 64.3 Å². The SMILES string of the molecule is CC1(C)c2ccccc2-c2ccc(N(c3cccc(-c4ccccc4)c3)c3ccc4sc5ccccc5c4c3-c3ccc4ccccc4c3)cc21. The summed E-state index contributed by atoms with van der Waals surface area (Å²) in [7, 11) is 0. The van der Waals surface area contributed by atoms with Crippen molar-refractivity contribution < 1.29 is 0 Å². The zero-order valence-electron chi connectivity index (χ0n) is 28.6. The van der Waals surface area contributed by atoms with E-state index in [9.17, 15) is 0 Å². The molecule has 0 unspecified atom stereocenters. The van der Waals surface area contributed by atoms with Crippen molar-refractivity contribution in [2.24, 2.45) is 0 Å². The van der Waals surface area contributed by atoms with E-state index >= 15 is 0 Å². The first-order valence-corrected chi connectivity index (χ1v) is 18.5. The molecule has 0 atom stereocenters. The summed E-state index contributed by atoms with van der Waals surface area (Å²) >= 11 is 1.88. The molecule has 0 bridgehead atoms. The second-order valence-electron chi connectivity index (χ2n) is 14.1. The molecule has 1 aliphatic rings. The maximum absolute atomic E-state index is 2.50. The molecule has 0 amide bonds. The first kappa shape index (κ1) is 29.9. The molecular weight excluding hydrogens is 635 g/mol. The van der Waals surface area contributed by atoms with Gasteiger partial charge in [0.1, 0.15) is 0 Å². The molecule has 51 heavy (non-hydrogen) atoms. The number of benzene rings is 8. The van der Waals surface area contributed by atoms with Gasteiger partial charge in [-0.05, 0) is 98.2 Å². The van der Waals surface area contributed by atoms with Gasteiger partial charge in [-0.3, -0.25) is 0 Å². The Morgan fingerprint density at radius 2 is 1.18 bits per heavy atom. The van der Waals surface area contributed by atoms with Crippen LogP contribution < -0.4 is 4.90 Å². The first-order valence-electron chi connectivity index (χ1n) is 17.7. The molecule has 10 rings (SSSR count). The van der Waals surface area contributed by atoms with E-state index in [0.717, 1.165) is 11.4 Å². The molecule has 242 valence electrons. The summed E-state index contributed by atoms with van der Waals surface area (Å²) in [6.07, 6.45) is 0. The van der Waals surface area contributed by atoms with Crippen LogP contribution in [0.1, 0.15) is 25.0 Å². The summed E-state index contributed by atoms with van der Waals surface area (Å²) in [5, 5.41) is 5.10. The molecule has 0 saturated carbocycles. The van der Waals surface area contributed by atoms with Crippen molar-refractivity contribution >= 4 is 59.3 Å².